The van der Waals surface area contributed by atoms with E-state index in [2.05, 4.69) is 5.32 Å². The van der Waals surface area contributed by atoms with Gasteiger partial charge in [0.1, 0.15) is 0 Å². The van der Waals surface area contributed by atoms with Crippen LogP contribution in [0.5, 0.6) is 0 Å². The van der Waals surface area contributed by atoms with E-state index in [0.29, 0.717) is 6.54 Å². The smallest absolute Gasteiger partial charge is 0.251 e. The van der Waals surface area contributed by atoms with Crippen molar-refractivity contribution >= 4 is 17.3 Å². The van der Waals surface area contributed by atoms with Crippen molar-refractivity contribution in [2.24, 2.45) is 0 Å². The van der Waals surface area contributed by atoms with Gasteiger partial charge in [-0.25, -0.2) is 10.1 Å². The van der Waals surface area contributed by atoms with Gasteiger partial charge in [0.25, 0.3) is 5.96 Å². The SMILES string of the molecule is N=C(NCCc1ccsc1)N[N+](=O)[O-]. The quantitative estimate of drug-likeness (QED) is 0.296. The predicted octanol–water partition coefficient (Wildman–Crippen LogP) is 0.596. The average Bonchev–Trinajstić information content (AvgIpc) is 2.55. The van der Waals surface area contributed by atoms with Crippen LogP contribution >= 0.6 is 11.3 Å². The molecule has 0 saturated heterocycles. The summed E-state index contributed by atoms with van der Waals surface area (Å²) in [5.74, 6) is -0.287. The van der Waals surface area contributed by atoms with Crippen molar-refractivity contribution in [2.45, 2.75) is 6.42 Å². The normalized spacial score (nSPS) is 9.43. The molecule has 0 radical (unpaired) electrons. The molecule has 0 spiro atoms. The van der Waals surface area contributed by atoms with Gasteiger partial charge in [-0.15, -0.1) is 0 Å². The highest BCUT2D eigenvalue weighted by Crippen LogP contribution is 2.05. The van der Waals surface area contributed by atoms with Crippen LogP contribution in [0.25, 0.3) is 0 Å². The number of rotatable bonds is 4. The molecule has 0 unspecified atom stereocenters. The lowest BCUT2D eigenvalue weighted by atomic mass is 10.2. The second-order valence-electron chi connectivity index (χ2n) is 2.55. The fraction of sp³-hybridized carbons (Fsp3) is 0.286. The number of thiophene rings is 1. The summed E-state index contributed by atoms with van der Waals surface area (Å²) in [5, 5.41) is 22.8. The Labute approximate surface area is 84.6 Å². The molecular formula is C7H10N4O2S. The Morgan fingerprint density at radius 2 is 2.50 bits per heavy atom. The first-order chi connectivity index (χ1) is 6.68. The molecule has 1 aromatic rings. The molecule has 0 aliphatic carbocycles. The summed E-state index contributed by atoms with van der Waals surface area (Å²) < 4.78 is 0. The number of hydrazine groups is 1. The second-order valence-corrected chi connectivity index (χ2v) is 3.33. The maximum Gasteiger partial charge on any atom is 0.251 e. The third-order valence-corrected chi connectivity index (χ3v) is 2.23. The number of hydrogen-bond donors (Lipinski definition) is 3. The number of guanidine groups is 1. The van der Waals surface area contributed by atoms with Gasteiger partial charge in [0, 0.05) is 6.54 Å². The molecule has 0 saturated carbocycles. The third-order valence-electron chi connectivity index (χ3n) is 1.50. The zero-order valence-corrected chi connectivity index (χ0v) is 8.13. The molecule has 6 nitrogen and oxygen atoms in total. The lowest BCUT2D eigenvalue weighted by molar-refractivity contribution is -0.525. The zero-order chi connectivity index (χ0) is 10.4. The van der Waals surface area contributed by atoms with Crippen molar-refractivity contribution in [2.75, 3.05) is 6.54 Å². The molecule has 0 aromatic carbocycles. The van der Waals surface area contributed by atoms with E-state index in [4.69, 9.17) is 5.41 Å². The molecule has 0 aliphatic rings. The van der Waals surface area contributed by atoms with Crippen LogP contribution < -0.4 is 10.7 Å². The summed E-state index contributed by atoms with van der Waals surface area (Å²) in [6.07, 6.45) is 0.755. The minimum absolute atomic E-state index is 0.287. The first-order valence-electron chi connectivity index (χ1n) is 3.93. The van der Waals surface area contributed by atoms with Crippen LogP contribution in [0.3, 0.4) is 0 Å². The van der Waals surface area contributed by atoms with Gasteiger partial charge in [-0.3, -0.25) is 5.41 Å². The van der Waals surface area contributed by atoms with Gasteiger partial charge in [-0.05, 0) is 28.8 Å². The van der Waals surface area contributed by atoms with Gasteiger partial charge in [0.05, 0.1) is 0 Å². The molecule has 1 heterocycles. The molecule has 14 heavy (non-hydrogen) atoms. The van der Waals surface area contributed by atoms with Crippen molar-refractivity contribution in [1.82, 2.24) is 10.7 Å². The minimum Gasteiger partial charge on any atom is -0.352 e. The lowest BCUT2D eigenvalue weighted by Crippen LogP contribution is -2.40. The van der Waals surface area contributed by atoms with Gasteiger partial charge in [-0.1, -0.05) is 5.43 Å². The van der Waals surface area contributed by atoms with Gasteiger partial charge >= 0.3 is 0 Å². The third kappa shape index (κ3) is 3.85. The maximum absolute atomic E-state index is 9.92. The second kappa shape index (κ2) is 5.18. The van der Waals surface area contributed by atoms with Crippen LogP contribution in [0.4, 0.5) is 0 Å². The van der Waals surface area contributed by atoms with Gasteiger partial charge in [-0.2, -0.15) is 11.3 Å². The Morgan fingerprint density at radius 1 is 1.71 bits per heavy atom. The van der Waals surface area contributed by atoms with E-state index >= 15 is 0 Å². The number of nitro groups is 1. The lowest BCUT2D eigenvalue weighted by Gasteiger charge is -2.03. The highest BCUT2D eigenvalue weighted by atomic mass is 32.1. The molecule has 3 N–H and O–H groups in total. The Kier molecular flexibility index (Phi) is 3.86. The van der Waals surface area contributed by atoms with Crippen LogP contribution in [0.1, 0.15) is 5.56 Å². The predicted molar refractivity (Wildman–Crippen MR) is 53.9 cm³/mol. The topological polar surface area (TPSA) is 91.1 Å². The van der Waals surface area contributed by atoms with Crippen LogP contribution in [0.2, 0.25) is 0 Å². The minimum atomic E-state index is -0.764. The van der Waals surface area contributed by atoms with E-state index in [-0.39, 0.29) is 5.96 Å². The Morgan fingerprint density at radius 3 is 3.07 bits per heavy atom. The van der Waals surface area contributed by atoms with Crippen molar-refractivity contribution < 1.29 is 5.03 Å². The average molecular weight is 214 g/mol. The Bertz CT molecular complexity index is 311. The Balaban J connectivity index is 2.15. The van der Waals surface area contributed by atoms with Crippen molar-refractivity contribution in [3.05, 3.63) is 32.5 Å². The highest BCUT2D eigenvalue weighted by molar-refractivity contribution is 7.07. The summed E-state index contributed by atoms with van der Waals surface area (Å²) in [7, 11) is 0. The molecule has 0 atom stereocenters. The molecule has 7 heteroatoms. The van der Waals surface area contributed by atoms with Crippen LogP contribution in [0, 0.1) is 15.5 Å². The number of nitrogens with one attached hydrogen (secondary N) is 3. The van der Waals surface area contributed by atoms with Gasteiger partial charge in [0.15, 0.2) is 5.03 Å². The molecule has 1 rings (SSSR count). The van der Waals surface area contributed by atoms with E-state index in [0.717, 1.165) is 12.0 Å². The van der Waals surface area contributed by atoms with E-state index in [1.807, 2.05) is 16.8 Å². The monoisotopic (exact) mass is 214 g/mol. The summed E-state index contributed by atoms with van der Waals surface area (Å²) in [4.78, 5) is 9.92. The summed E-state index contributed by atoms with van der Waals surface area (Å²) in [6, 6.07) is 1.98. The molecule has 0 aliphatic heterocycles. The highest BCUT2D eigenvalue weighted by Gasteiger charge is 2.01. The van der Waals surface area contributed by atoms with E-state index < -0.39 is 5.03 Å². The fourth-order valence-corrected chi connectivity index (χ4v) is 1.60. The van der Waals surface area contributed by atoms with Crippen molar-refractivity contribution in [1.29, 1.82) is 5.41 Å². The first kappa shape index (κ1) is 10.5. The molecule has 1 aromatic heterocycles. The molecule has 76 valence electrons. The first-order valence-corrected chi connectivity index (χ1v) is 4.87. The molecular weight excluding hydrogens is 204 g/mol. The standard InChI is InChI=1S/C7H10N4O2S/c8-7(10-11(12)13)9-3-1-6-2-4-14-5-6/h2,4-5H,1,3H2,(H3,8,9,10). The number of nitrogens with zero attached hydrogens (tertiary/aromatic N) is 1. The molecule has 0 fully saturated rings. The van der Waals surface area contributed by atoms with Crippen LogP contribution in [0.15, 0.2) is 16.8 Å². The fourth-order valence-electron chi connectivity index (χ4n) is 0.898. The van der Waals surface area contributed by atoms with Crippen molar-refractivity contribution in [3.8, 4) is 0 Å². The summed E-state index contributed by atoms with van der Waals surface area (Å²) >= 11 is 1.60. The Hall–Kier alpha value is -1.63. The summed E-state index contributed by atoms with van der Waals surface area (Å²) in [6.45, 7) is 0.510. The van der Waals surface area contributed by atoms with Gasteiger partial charge < -0.3 is 5.32 Å². The molecule has 0 amide bonds. The van der Waals surface area contributed by atoms with Crippen molar-refractivity contribution in [3.63, 3.8) is 0 Å². The van der Waals surface area contributed by atoms with Crippen LogP contribution in [-0.2, 0) is 6.42 Å². The summed E-state index contributed by atoms with van der Waals surface area (Å²) in [5.41, 5.74) is 2.88. The largest absolute Gasteiger partial charge is 0.352 e. The molecule has 0 bridgehead atoms. The number of hydrogen-bond acceptors (Lipinski definition) is 4. The zero-order valence-electron chi connectivity index (χ0n) is 7.32. The van der Waals surface area contributed by atoms with E-state index in [9.17, 15) is 10.1 Å². The maximum atomic E-state index is 9.92. The van der Waals surface area contributed by atoms with Gasteiger partial charge in [0.2, 0.25) is 0 Å². The van der Waals surface area contributed by atoms with Crippen LogP contribution in [-0.4, -0.2) is 17.5 Å². The van der Waals surface area contributed by atoms with E-state index in [1.54, 1.807) is 16.8 Å². The van der Waals surface area contributed by atoms with E-state index in [1.165, 1.54) is 0 Å².